The minimum Gasteiger partial charge on any atom is -0.507 e. The molecule has 0 amide bonds. The average Bonchev–Trinajstić information content (AvgIpc) is 2.60. The van der Waals surface area contributed by atoms with Crippen molar-refractivity contribution in [3.8, 4) is 5.75 Å². The lowest BCUT2D eigenvalue weighted by atomic mass is 9.99. The van der Waals surface area contributed by atoms with Gasteiger partial charge >= 0.3 is 5.63 Å². The normalized spacial score (nSPS) is 11.0. The second kappa shape index (κ2) is 5.35. The van der Waals surface area contributed by atoms with Gasteiger partial charge in [0.15, 0.2) is 0 Å². The molecular formula is C20H12O4. The van der Waals surface area contributed by atoms with Gasteiger partial charge in [-0.05, 0) is 35.0 Å². The first-order valence-corrected chi connectivity index (χ1v) is 7.43. The standard InChI is InChI=1S/C20H12O4/c21-17-11-13-6-2-1-5-12(13)9-15(17)19(22)16-10-14-7-3-4-8-18(14)24-20(16)23/h1-11,21H. The van der Waals surface area contributed by atoms with E-state index in [9.17, 15) is 14.7 Å². The van der Waals surface area contributed by atoms with E-state index >= 15 is 0 Å². The van der Waals surface area contributed by atoms with Crippen LogP contribution in [0.2, 0.25) is 0 Å². The number of carbonyl (C=O) groups is 1. The molecule has 0 fully saturated rings. The number of fused-ring (bicyclic) bond motifs is 2. The Balaban J connectivity index is 1.91. The summed E-state index contributed by atoms with van der Waals surface area (Å²) in [6.07, 6.45) is 0. The van der Waals surface area contributed by atoms with Crippen LogP contribution in [0.15, 0.2) is 75.9 Å². The number of benzene rings is 3. The van der Waals surface area contributed by atoms with Crippen LogP contribution in [0.3, 0.4) is 0 Å². The Morgan fingerprint density at radius 2 is 1.38 bits per heavy atom. The molecule has 116 valence electrons. The number of carbonyl (C=O) groups excluding carboxylic acids is 1. The summed E-state index contributed by atoms with van der Waals surface area (Å²) < 4.78 is 5.20. The predicted octanol–water partition coefficient (Wildman–Crippen LogP) is 3.88. The lowest BCUT2D eigenvalue weighted by molar-refractivity contribution is 0.103. The number of hydrogen-bond acceptors (Lipinski definition) is 4. The Labute approximate surface area is 136 Å². The van der Waals surface area contributed by atoms with E-state index in [2.05, 4.69) is 0 Å². The van der Waals surface area contributed by atoms with E-state index in [0.717, 1.165) is 10.8 Å². The van der Waals surface area contributed by atoms with Crippen molar-refractivity contribution in [1.82, 2.24) is 0 Å². The van der Waals surface area contributed by atoms with Gasteiger partial charge in [0.05, 0.1) is 5.56 Å². The van der Waals surface area contributed by atoms with Crippen molar-refractivity contribution in [2.24, 2.45) is 0 Å². The van der Waals surface area contributed by atoms with Gasteiger partial charge in [0.25, 0.3) is 0 Å². The van der Waals surface area contributed by atoms with Crippen molar-refractivity contribution in [1.29, 1.82) is 0 Å². The summed E-state index contributed by atoms with van der Waals surface area (Å²) in [6, 6.07) is 19.0. The lowest BCUT2D eigenvalue weighted by Crippen LogP contribution is -2.14. The van der Waals surface area contributed by atoms with E-state index < -0.39 is 11.4 Å². The maximum atomic E-state index is 12.8. The van der Waals surface area contributed by atoms with Gasteiger partial charge in [-0.15, -0.1) is 0 Å². The van der Waals surface area contributed by atoms with E-state index in [1.807, 2.05) is 24.3 Å². The minimum absolute atomic E-state index is 0.0799. The summed E-state index contributed by atoms with van der Waals surface area (Å²) in [5, 5.41) is 12.5. The van der Waals surface area contributed by atoms with Crippen molar-refractivity contribution < 1.29 is 14.3 Å². The minimum atomic E-state index is -0.716. The Morgan fingerprint density at radius 1 is 0.792 bits per heavy atom. The van der Waals surface area contributed by atoms with Crippen LogP contribution in [0, 0.1) is 0 Å². The maximum Gasteiger partial charge on any atom is 0.347 e. The molecule has 0 radical (unpaired) electrons. The molecule has 4 nitrogen and oxygen atoms in total. The summed E-state index contributed by atoms with van der Waals surface area (Å²) >= 11 is 0. The second-order valence-electron chi connectivity index (χ2n) is 5.53. The largest absolute Gasteiger partial charge is 0.507 e. The fraction of sp³-hybridized carbons (Fsp3) is 0. The molecule has 3 aromatic carbocycles. The van der Waals surface area contributed by atoms with Gasteiger partial charge in [0, 0.05) is 5.39 Å². The van der Waals surface area contributed by atoms with Crippen LogP contribution < -0.4 is 5.63 Å². The number of hydrogen-bond donors (Lipinski definition) is 1. The third kappa shape index (κ3) is 2.25. The van der Waals surface area contributed by atoms with Crippen LogP contribution in [-0.2, 0) is 0 Å². The van der Waals surface area contributed by atoms with Gasteiger partial charge in [-0.1, -0.05) is 42.5 Å². The molecule has 0 spiro atoms. The lowest BCUT2D eigenvalue weighted by Gasteiger charge is -2.06. The van der Waals surface area contributed by atoms with E-state index in [-0.39, 0.29) is 16.9 Å². The van der Waals surface area contributed by atoms with Gasteiger partial charge < -0.3 is 9.52 Å². The fourth-order valence-corrected chi connectivity index (χ4v) is 2.78. The molecule has 0 aliphatic rings. The van der Waals surface area contributed by atoms with Gasteiger partial charge in [-0.3, -0.25) is 4.79 Å². The summed E-state index contributed by atoms with van der Waals surface area (Å²) in [4.78, 5) is 24.9. The zero-order chi connectivity index (χ0) is 16.7. The van der Waals surface area contributed by atoms with Crippen LogP contribution in [0.5, 0.6) is 5.75 Å². The molecule has 24 heavy (non-hydrogen) atoms. The van der Waals surface area contributed by atoms with Crippen molar-refractivity contribution in [2.45, 2.75) is 0 Å². The molecular weight excluding hydrogens is 304 g/mol. The van der Waals surface area contributed by atoms with E-state index in [1.165, 1.54) is 12.1 Å². The molecule has 0 atom stereocenters. The van der Waals surface area contributed by atoms with Crippen LogP contribution in [0.25, 0.3) is 21.7 Å². The van der Waals surface area contributed by atoms with Crippen LogP contribution >= 0.6 is 0 Å². The highest BCUT2D eigenvalue weighted by molar-refractivity contribution is 6.13. The highest BCUT2D eigenvalue weighted by atomic mass is 16.4. The van der Waals surface area contributed by atoms with E-state index in [1.54, 1.807) is 30.3 Å². The first-order chi connectivity index (χ1) is 11.6. The zero-order valence-electron chi connectivity index (χ0n) is 12.5. The summed E-state index contributed by atoms with van der Waals surface area (Å²) in [6.45, 7) is 0. The summed E-state index contributed by atoms with van der Waals surface area (Å²) in [5.41, 5.74) is -0.316. The molecule has 1 aromatic heterocycles. The molecule has 0 bridgehead atoms. The van der Waals surface area contributed by atoms with Gasteiger partial charge in [0.2, 0.25) is 5.78 Å². The molecule has 4 rings (SSSR count). The van der Waals surface area contributed by atoms with Gasteiger partial charge in [-0.2, -0.15) is 0 Å². The number of aromatic hydroxyl groups is 1. The number of rotatable bonds is 2. The monoisotopic (exact) mass is 316 g/mol. The molecule has 0 aliphatic carbocycles. The van der Waals surface area contributed by atoms with Crippen molar-refractivity contribution in [3.63, 3.8) is 0 Å². The molecule has 0 saturated heterocycles. The molecule has 0 aliphatic heterocycles. The number of ketones is 1. The summed E-state index contributed by atoms with van der Waals surface area (Å²) in [5.74, 6) is -0.719. The molecule has 0 saturated carbocycles. The van der Waals surface area contributed by atoms with E-state index in [0.29, 0.717) is 11.0 Å². The molecule has 4 aromatic rings. The third-order valence-corrected chi connectivity index (χ3v) is 3.99. The molecule has 1 heterocycles. The quantitative estimate of drug-likeness (QED) is 0.450. The molecule has 1 N–H and O–H groups in total. The van der Waals surface area contributed by atoms with E-state index in [4.69, 9.17) is 4.42 Å². The molecule has 0 unspecified atom stereocenters. The summed E-state index contributed by atoms with van der Waals surface area (Å²) in [7, 11) is 0. The number of phenols is 1. The highest BCUT2D eigenvalue weighted by Crippen LogP contribution is 2.27. The van der Waals surface area contributed by atoms with Crippen molar-refractivity contribution in [2.75, 3.05) is 0 Å². The Kier molecular flexibility index (Phi) is 3.17. The first kappa shape index (κ1) is 14.2. The smallest absolute Gasteiger partial charge is 0.347 e. The third-order valence-electron chi connectivity index (χ3n) is 3.99. The van der Waals surface area contributed by atoms with Crippen LogP contribution in [0.4, 0.5) is 0 Å². The predicted molar refractivity (Wildman–Crippen MR) is 91.5 cm³/mol. The highest BCUT2D eigenvalue weighted by Gasteiger charge is 2.19. The average molecular weight is 316 g/mol. The number of phenolic OH excluding ortho intramolecular Hbond substituents is 1. The fourth-order valence-electron chi connectivity index (χ4n) is 2.78. The maximum absolute atomic E-state index is 12.8. The van der Waals surface area contributed by atoms with Gasteiger partial charge in [-0.25, -0.2) is 4.79 Å². The number of para-hydroxylation sites is 1. The second-order valence-corrected chi connectivity index (χ2v) is 5.53. The SMILES string of the molecule is O=C(c1cc2ccccc2cc1O)c1cc2ccccc2oc1=O. The Morgan fingerprint density at radius 3 is 2.12 bits per heavy atom. The Bertz CT molecular complexity index is 1160. The van der Waals surface area contributed by atoms with Crippen molar-refractivity contribution >= 4 is 27.5 Å². The van der Waals surface area contributed by atoms with Crippen molar-refractivity contribution in [3.05, 3.63) is 88.3 Å². The van der Waals surface area contributed by atoms with Crippen LogP contribution in [-0.4, -0.2) is 10.9 Å². The first-order valence-electron chi connectivity index (χ1n) is 7.43. The topological polar surface area (TPSA) is 67.5 Å². The van der Waals surface area contributed by atoms with Gasteiger partial charge in [0.1, 0.15) is 16.9 Å². The molecule has 4 heteroatoms. The zero-order valence-corrected chi connectivity index (χ0v) is 12.5. The Hall–Kier alpha value is -3.40. The van der Waals surface area contributed by atoms with Crippen LogP contribution in [0.1, 0.15) is 15.9 Å².